The van der Waals surface area contributed by atoms with Crippen molar-refractivity contribution in [3.8, 4) is 0 Å². The van der Waals surface area contributed by atoms with Gasteiger partial charge < -0.3 is 24.7 Å². The number of hydrogen-bond donors (Lipinski definition) is 2. The van der Waals surface area contributed by atoms with Crippen molar-refractivity contribution in [1.82, 2.24) is 40.0 Å². The molecule has 15 heteroatoms. The van der Waals surface area contributed by atoms with Gasteiger partial charge in [-0.05, 0) is 18.9 Å². The van der Waals surface area contributed by atoms with Crippen molar-refractivity contribution in [2.45, 2.75) is 57.9 Å². The molecule has 0 radical (unpaired) electrons. The van der Waals surface area contributed by atoms with E-state index in [-0.39, 0.29) is 37.3 Å². The molecule has 4 aromatic heterocycles. The number of amides is 1. The first-order valence-corrected chi connectivity index (χ1v) is 13.7. The number of hydrogen-bond acceptors (Lipinski definition) is 9. The standard InChI is InChI=1S/C24H27F3N10OS/c1-2-3-16-9-17-20(35-6-7-37-18(12-35)33-34-22(37)24(25,26)27)31-23(32-21(17)39-16)36-5-4-14(11-36)30-19(38)8-15-10-28-13-29-15/h9-10,13-14H,2-8,11-12H2,1H3,(H,28,29)(H,30,38)/t14-/m0/s1. The van der Waals surface area contributed by atoms with Crippen LogP contribution in [0, 0.1) is 0 Å². The molecular weight excluding hydrogens is 533 g/mol. The monoisotopic (exact) mass is 560 g/mol. The second-order valence-corrected chi connectivity index (χ2v) is 10.9. The van der Waals surface area contributed by atoms with Crippen LogP contribution < -0.4 is 15.1 Å². The topological polar surface area (TPSA) is 121 Å². The predicted octanol–water partition coefficient (Wildman–Crippen LogP) is 2.94. The Hall–Kier alpha value is -3.75. The minimum absolute atomic E-state index is 0.0449. The summed E-state index contributed by atoms with van der Waals surface area (Å²) in [4.78, 5) is 35.2. The van der Waals surface area contributed by atoms with Crippen LogP contribution in [0.5, 0.6) is 0 Å². The molecule has 0 saturated carbocycles. The molecule has 0 aromatic carbocycles. The van der Waals surface area contributed by atoms with Gasteiger partial charge in [0.25, 0.3) is 0 Å². The van der Waals surface area contributed by atoms with Crippen molar-refractivity contribution in [3.05, 3.63) is 40.8 Å². The van der Waals surface area contributed by atoms with E-state index in [1.807, 2.05) is 4.90 Å². The number of nitrogens with one attached hydrogen (secondary N) is 2. The van der Waals surface area contributed by atoms with Gasteiger partial charge >= 0.3 is 6.18 Å². The van der Waals surface area contributed by atoms with E-state index in [4.69, 9.17) is 9.97 Å². The van der Waals surface area contributed by atoms with Crippen LogP contribution in [0.4, 0.5) is 24.9 Å². The Morgan fingerprint density at radius 3 is 2.85 bits per heavy atom. The van der Waals surface area contributed by atoms with Crippen LogP contribution in [0.25, 0.3) is 10.2 Å². The number of H-pyrrole nitrogens is 1. The van der Waals surface area contributed by atoms with E-state index in [1.54, 1.807) is 23.9 Å². The molecule has 11 nitrogen and oxygen atoms in total. The lowest BCUT2D eigenvalue weighted by Gasteiger charge is -2.30. The minimum atomic E-state index is -4.55. The number of aryl methyl sites for hydroxylation is 1. The van der Waals surface area contributed by atoms with Gasteiger partial charge in [0.1, 0.15) is 10.6 Å². The van der Waals surface area contributed by atoms with Crippen molar-refractivity contribution >= 4 is 39.2 Å². The van der Waals surface area contributed by atoms with Crippen LogP contribution in [0.2, 0.25) is 0 Å². The lowest BCUT2D eigenvalue weighted by Crippen LogP contribution is -2.38. The summed E-state index contributed by atoms with van der Waals surface area (Å²) in [6, 6.07) is 2.04. The SMILES string of the molecule is CCCc1cc2c(N3CCn4c(nnc4C(F)(F)F)C3)nc(N3CC[C@H](NC(=O)Cc4cnc[nH]4)C3)nc2s1. The summed E-state index contributed by atoms with van der Waals surface area (Å²) >= 11 is 1.61. The molecule has 1 amide bonds. The zero-order valence-corrected chi connectivity index (χ0v) is 22.0. The van der Waals surface area contributed by atoms with Crippen molar-refractivity contribution in [2.24, 2.45) is 0 Å². The number of alkyl halides is 3. The second kappa shape index (κ2) is 10.1. The fourth-order valence-electron chi connectivity index (χ4n) is 5.14. The Morgan fingerprint density at radius 1 is 1.21 bits per heavy atom. The van der Waals surface area contributed by atoms with Gasteiger partial charge in [-0.3, -0.25) is 4.79 Å². The van der Waals surface area contributed by atoms with Crippen molar-refractivity contribution in [1.29, 1.82) is 0 Å². The molecule has 39 heavy (non-hydrogen) atoms. The summed E-state index contributed by atoms with van der Waals surface area (Å²) in [5, 5.41) is 11.2. The third kappa shape index (κ3) is 5.14. The molecule has 4 aromatic rings. The third-order valence-electron chi connectivity index (χ3n) is 6.96. The van der Waals surface area contributed by atoms with E-state index >= 15 is 0 Å². The number of thiophene rings is 1. The fourth-order valence-corrected chi connectivity index (χ4v) is 6.26. The number of carbonyl (C=O) groups is 1. The van der Waals surface area contributed by atoms with E-state index in [0.29, 0.717) is 31.4 Å². The smallest absolute Gasteiger partial charge is 0.351 e. The molecule has 206 valence electrons. The van der Waals surface area contributed by atoms with Gasteiger partial charge in [-0.2, -0.15) is 18.2 Å². The molecule has 2 aliphatic rings. The van der Waals surface area contributed by atoms with Gasteiger partial charge in [0.15, 0.2) is 5.82 Å². The Balaban J connectivity index is 1.25. The summed E-state index contributed by atoms with van der Waals surface area (Å²) in [6.07, 6.45) is 1.51. The number of anilines is 2. The average Bonchev–Trinajstić information content (AvgIpc) is 3.69. The Kier molecular flexibility index (Phi) is 6.61. The van der Waals surface area contributed by atoms with Crippen LogP contribution in [-0.2, 0) is 36.9 Å². The molecule has 0 aliphatic carbocycles. The van der Waals surface area contributed by atoms with Crippen molar-refractivity contribution < 1.29 is 18.0 Å². The molecular formula is C24H27F3N10OS. The normalized spacial score (nSPS) is 17.7. The molecule has 2 aliphatic heterocycles. The fraction of sp³-hybridized carbons (Fsp3) is 0.500. The predicted molar refractivity (Wildman–Crippen MR) is 139 cm³/mol. The lowest BCUT2D eigenvalue weighted by molar-refractivity contribution is -0.147. The zero-order chi connectivity index (χ0) is 27.1. The molecule has 1 saturated heterocycles. The summed E-state index contributed by atoms with van der Waals surface area (Å²) in [5.74, 6) is 0.441. The Morgan fingerprint density at radius 2 is 2.08 bits per heavy atom. The quantitative estimate of drug-likeness (QED) is 0.354. The van der Waals surface area contributed by atoms with Gasteiger partial charge in [0.2, 0.25) is 17.7 Å². The third-order valence-corrected chi connectivity index (χ3v) is 8.05. The van der Waals surface area contributed by atoms with E-state index in [0.717, 1.165) is 39.7 Å². The number of halogens is 3. The lowest BCUT2D eigenvalue weighted by atomic mass is 10.2. The summed E-state index contributed by atoms with van der Waals surface area (Å²) < 4.78 is 41.2. The largest absolute Gasteiger partial charge is 0.451 e. The van der Waals surface area contributed by atoms with E-state index < -0.39 is 12.0 Å². The van der Waals surface area contributed by atoms with Gasteiger partial charge in [-0.15, -0.1) is 21.5 Å². The number of carbonyl (C=O) groups excluding carboxylic acids is 1. The minimum Gasteiger partial charge on any atom is -0.351 e. The maximum absolute atomic E-state index is 13.4. The number of nitrogens with zero attached hydrogens (tertiary/aromatic N) is 8. The molecule has 2 N–H and O–H groups in total. The molecule has 1 fully saturated rings. The highest BCUT2D eigenvalue weighted by atomic mass is 32.1. The number of fused-ring (bicyclic) bond motifs is 2. The first kappa shape index (κ1) is 25.5. The molecule has 0 bridgehead atoms. The molecule has 6 rings (SSSR count). The summed E-state index contributed by atoms with van der Waals surface area (Å²) in [6.45, 7) is 3.97. The molecule has 1 atom stereocenters. The molecule has 0 spiro atoms. The van der Waals surface area contributed by atoms with Crippen LogP contribution in [0.3, 0.4) is 0 Å². The molecule has 0 unspecified atom stereocenters. The van der Waals surface area contributed by atoms with Gasteiger partial charge in [0.05, 0.1) is 24.7 Å². The highest BCUT2D eigenvalue weighted by molar-refractivity contribution is 7.18. The molecule has 6 heterocycles. The van der Waals surface area contributed by atoms with E-state index in [1.165, 1.54) is 4.88 Å². The van der Waals surface area contributed by atoms with E-state index in [2.05, 4.69) is 43.4 Å². The average molecular weight is 561 g/mol. The highest BCUT2D eigenvalue weighted by Crippen LogP contribution is 2.36. The summed E-state index contributed by atoms with van der Waals surface area (Å²) in [7, 11) is 0. The number of rotatable bonds is 7. The maximum atomic E-state index is 13.4. The first-order valence-electron chi connectivity index (χ1n) is 12.8. The highest BCUT2D eigenvalue weighted by Gasteiger charge is 2.40. The number of imidazole rings is 1. The second-order valence-electron chi connectivity index (χ2n) is 9.79. The summed E-state index contributed by atoms with van der Waals surface area (Å²) in [5.41, 5.74) is 0.751. The van der Waals surface area contributed by atoms with Crippen molar-refractivity contribution in [2.75, 3.05) is 29.4 Å². The van der Waals surface area contributed by atoms with E-state index in [9.17, 15) is 18.0 Å². The van der Waals surface area contributed by atoms with Crippen LogP contribution in [-0.4, -0.2) is 66.3 Å². The first-order chi connectivity index (χ1) is 18.8. The van der Waals surface area contributed by atoms with Gasteiger partial charge in [-0.1, -0.05) is 13.3 Å². The van der Waals surface area contributed by atoms with Crippen LogP contribution in [0.1, 0.15) is 42.0 Å². The maximum Gasteiger partial charge on any atom is 0.451 e. The van der Waals surface area contributed by atoms with Gasteiger partial charge in [0, 0.05) is 49.0 Å². The van der Waals surface area contributed by atoms with Gasteiger partial charge in [-0.25, -0.2) is 9.97 Å². The Bertz CT molecular complexity index is 1480. The van der Waals surface area contributed by atoms with Crippen LogP contribution in [0.15, 0.2) is 18.6 Å². The van der Waals surface area contributed by atoms with Crippen molar-refractivity contribution in [3.63, 3.8) is 0 Å². The number of aromatic amines is 1. The zero-order valence-electron chi connectivity index (χ0n) is 21.2. The van der Waals surface area contributed by atoms with Crippen LogP contribution >= 0.6 is 11.3 Å². The number of aromatic nitrogens is 7. The Labute approximate surface area is 225 Å².